The Labute approximate surface area is 231 Å². The number of hydrogen-bond acceptors (Lipinski definition) is 7. The summed E-state index contributed by atoms with van der Waals surface area (Å²) < 4.78 is 15.5. The maximum atomic E-state index is 13.3. The van der Waals surface area contributed by atoms with Crippen molar-refractivity contribution in [1.29, 1.82) is 0 Å². The number of thioether (sulfide) groups is 1. The molecule has 200 valence electrons. The number of anilines is 3. The van der Waals surface area contributed by atoms with Crippen LogP contribution in [0.3, 0.4) is 0 Å². The van der Waals surface area contributed by atoms with Crippen molar-refractivity contribution in [3.05, 3.63) is 83.2 Å². The summed E-state index contributed by atoms with van der Waals surface area (Å²) in [6.07, 6.45) is 4.12. The number of nitrogens with one attached hydrogen (secondary N) is 2. The quantitative estimate of drug-likeness (QED) is 0.231. The Morgan fingerprint density at radius 1 is 1.10 bits per heavy atom. The summed E-state index contributed by atoms with van der Waals surface area (Å²) in [6.45, 7) is 8.19. The predicted molar refractivity (Wildman–Crippen MR) is 156 cm³/mol. The molecule has 0 saturated heterocycles. The van der Waals surface area contributed by atoms with E-state index >= 15 is 0 Å². The smallest absolute Gasteiger partial charge is 0.238 e. The zero-order chi connectivity index (χ0) is 27.7. The van der Waals surface area contributed by atoms with Gasteiger partial charge in [-0.3, -0.25) is 4.79 Å². The van der Waals surface area contributed by atoms with Crippen LogP contribution in [0.5, 0.6) is 0 Å². The molecular weight excluding hydrogens is 513 g/mol. The number of carbonyl (C=O) groups excluding carboxylic acids is 1. The van der Waals surface area contributed by atoms with E-state index in [1.807, 2.05) is 38.2 Å². The molecule has 8 nitrogen and oxygen atoms in total. The number of aromatic nitrogens is 4. The van der Waals surface area contributed by atoms with Crippen molar-refractivity contribution < 1.29 is 9.18 Å². The maximum absolute atomic E-state index is 13.3. The fraction of sp³-hybridized carbons (Fsp3) is 0.241. The van der Waals surface area contributed by atoms with E-state index < -0.39 is 0 Å². The summed E-state index contributed by atoms with van der Waals surface area (Å²) in [5.74, 6) is 0.935. The molecule has 2 aromatic heterocycles. The van der Waals surface area contributed by atoms with Gasteiger partial charge in [0, 0.05) is 12.2 Å². The molecule has 10 heteroatoms. The van der Waals surface area contributed by atoms with E-state index in [0.717, 1.165) is 38.9 Å². The zero-order valence-electron chi connectivity index (χ0n) is 22.2. The summed E-state index contributed by atoms with van der Waals surface area (Å²) >= 11 is 1.44. The number of nitrogen functional groups attached to an aromatic ring is 1. The van der Waals surface area contributed by atoms with E-state index in [1.54, 1.807) is 24.4 Å². The largest absolute Gasteiger partial charge is 0.397 e. The summed E-state index contributed by atoms with van der Waals surface area (Å²) in [5, 5.41) is 6.80. The lowest BCUT2D eigenvalue weighted by atomic mass is 10.0. The number of imidazole rings is 1. The third-order valence-corrected chi connectivity index (χ3v) is 7.91. The normalized spacial score (nSPS) is 15.2. The molecule has 1 aliphatic rings. The van der Waals surface area contributed by atoms with E-state index in [9.17, 15) is 9.18 Å². The van der Waals surface area contributed by atoms with Gasteiger partial charge in [-0.15, -0.1) is 0 Å². The van der Waals surface area contributed by atoms with Crippen molar-refractivity contribution in [2.75, 3.05) is 16.4 Å². The molecule has 0 aliphatic carbocycles. The summed E-state index contributed by atoms with van der Waals surface area (Å²) in [6, 6.07) is 13.7. The van der Waals surface area contributed by atoms with Crippen molar-refractivity contribution in [2.24, 2.45) is 0 Å². The molecule has 1 amide bonds. The molecule has 2 aromatic carbocycles. The molecule has 1 atom stereocenters. The second-order valence-electron chi connectivity index (χ2n) is 9.76. The van der Waals surface area contributed by atoms with Gasteiger partial charge in [0.05, 0.1) is 39.2 Å². The Morgan fingerprint density at radius 2 is 1.85 bits per heavy atom. The highest BCUT2D eigenvalue weighted by molar-refractivity contribution is 8.04. The third kappa shape index (κ3) is 5.65. The number of nitrogens with zero attached hydrogens (tertiary/aromatic N) is 4. The fourth-order valence-electron chi connectivity index (χ4n) is 4.60. The minimum absolute atomic E-state index is 0.148. The van der Waals surface area contributed by atoms with Crippen LogP contribution in [0.25, 0.3) is 22.5 Å². The van der Waals surface area contributed by atoms with Crippen LogP contribution < -0.4 is 16.4 Å². The minimum atomic E-state index is -0.338. The number of carbonyl (C=O) groups is 1. The monoisotopic (exact) mass is 543 g/mol. The summed E-state index contributed by atoms with van der Waals surface area (Å²) in [5.41, 5.74) is 11.6. The minimum Gasteiger partial charge on any atom is -0.397 e. The van der Waals surface area contributed by atoms with Crippen LogP contribution >= 0.6 is 11.8 Å². The van der Waals surface area contributed by atoms with Gasteiger partial charge < -0.3 is 20.9 Å². The van der Waals surface area contributed by atoms with Crippen molar-refractivity contribution in [1.82, 2.24) is 19.5 Å². The van der Waals surface area contributed by atoms with Gasteiger partial charge in [-0.2, -0.15) is 0 Å². The Bertz CT molecular complexity index is 1560. The van der Waals surface area contributed by atoms with Crippen LogP contribution in [0.1, 0.15) is 39.1 Å². The van der Waals surface area contributed by atoms with E-state index in [2.05, 4.69) is 39.0 Å². The molecular formula is C29H30FN7OS. The average Bonchev–Trinajstić information content (AvgIpc) is 3.48. The number of amides is 1. The second kappa shape index (κ2) is 10.9. The lowest BCUT2D eigenvalue weighted by Gasteiger charge is -2.15. The first kappa shape index (κ1) is 26.4. The summed E-state index contributed by atoms with van der Waals surface area (Å²) in [7, 11) is 0. The zero-order valence-corrected chi connectivity index (χ0v) is 23.0. The standard InChI is InChI=1S/C29H30FN7OS/c1-16(2)37-18(4)33-15-25(37)23-11-12-32-29(35-23)36-28-17(3)13-26(39-28)27(38)34-24-14-20(7-10-22(24)31)19-5-8-21(30)9-6-19/h5-12,14-16,26H,13,31H2,1-4H3,(H,34,38)(H,32,35,36). The van der Waals surface area contributed by atoms with Gasteiger partial charge in [0.2, 0.25) is 11.9 Å². The first-order valence-corrected chi connectivity index (χ1v) is 13.5. The van der Waals surface area contributed by atoms with Crippen molar-refractivity contribution >= 4 is 35.0 Å². The molecule has 4 N–H and O–H groups in total. The lowest BCUT2D eigenvalue weighted by Crippen LogP contribution is -2.24. The Balaban J connectivity index is 1.28. The van der Waals surface area contributed by atoms with Gasteiger partial charge in [0.1, 0.15) is 11.6 Å². The number of benzene rings is 2. The molecule has 0 spiro atoms. The predicted octanol–water partition coefficient (Wildman–Crippen LogP) is 6.41. The van der Waals surface area contributed by atoms with E-state index in [-0.39, 0.29) is 23.0 Å². The molecule has 3 heterocycles. The Morgan fingerprint density at radius 3 is 2.59 bits per heavy atom. The van der Waals surface area contributed by atoms with Crippen LogP contribution in [-0.2, 0) is 4.79 Å². The van der Waals surface area contributed by atoms with Crippen molar-refractivity contribution in [3.8, 4) is 22.5 Å². The number of hydrogen-bond donors (Lipinski definition) is 3. The van der Waals surface area contributed by atoms with Crippen LogP contribution in [0.15, 0.2) is 71.5 Å². The lowest BCUT2D eigenvalue weighted by molar-refractivity contribution is -0.115. The molecule has 1 aliphatic heterocycles. The average molecular weight is 544 g/mol. The van der Waals surface area contributed by atoms with Crippen molar-refractivity contribution in [3.63, 3.8) is 0 Å². The molecule has 0 bridgehead atoms. The van der Waals surface area contributed by atoms with Crippen molar-refractivity contribution in [2.45, 2.75) is 45.4 Å². The van der Waals surface area contributed by atoms with Crippen LogP contribution in [0.4, 0.5) is 21.7 Å². The second-order valence-corrected chi connectivity index (χ2v) is 11.0. The van der Waals surface area contributed by atoms with Gasteiger partial charge >= 0.3 is 0 Å². The Kier molecular flexibility index (Phi) is 7.38. The van der Waals surface area contributed by atoms with E-state index in [0.29, 0.717) is 23.7 Å². The highest BCUT2D eigenvalue weighted by Crippen LogP contribution is 2.39. The topological polar surface area (TPSA) is 111 Å². The number of rotatable bonds is 7. The number of nitrogens with two attached hydrogens (primary N) is 1. The third-order valence-electron chi connectivity index (χ3n) is 6.56. The van der Waals surface area contributed by atoms with Gasteiger partial charge in [-0.25, -0.2) is 19.3 Å². The SMILES string of the molecule is CC1=C(Nc2nccc(-c3cnc(C)n3C(C)C)n2)SC(C(=O)Nc2cc(-c3ccc(F)cc3)ccc2N)C1. The van der Waals surface area contributed by atoms with E-state index in [4.69, 9.17) is 10.7 Å². The van der Waals surface area contributed by atoms with Crippen LogP contribution in [0, 0.1) is 12.7 Å². The number of aryl methyl sites for hydroxylation is 1. The fourth-order valence-corrected chi connectivity index (χ4v) is 5.81. The molecule has 0 saturated carbocycles. The molecule has 0 fully saturated rings. The maximum Gasteiger partial charge on any atom is 0.238 e. The number of halogens is 1. The molecule has 5 rings (SSSR count). The van der Waals surface area contributed by atoms with Gasteiger partial charge in [0.25, 0.3) is 0 Å². The van der Waals surface area contributed by atoms with E-state index in [1.165, 1.54) is 23.9 Å². The molecule has 0 radical (unpaired) electrons. The highest BCUT2D eigenvalue weighted by Gasteiger charge is 2.30. The Hall–Kier alpha value is -4.18. The first-order valence-electron chi connectivity index (χ1n) is 12.7. The highest BCUT2D eigenvalue weighted by atomic mass is 32.2. The number of allylic oxidation sites excluding steroid dienone is 1. The van der Waals surface area contributed by atoms with Gasteiger partial charge in [0.15, 0.2) is 0 Å². The molecule has 39 heavy (non-hydrogen) atoms. The first-order chi connectivity index (χ1) is 18.7. The van der Waals surface area contributed by atoms with Crippen LogP contribution in [-0.4, -0.2) is 30.7 Å². The molecule has 4 aromatic rings. The van der Waals surface area contributed by atoms with Gasteiger partial charge in [-0.05, 0) is 81.1 Å². The molecule has 1 unspecified atom stereocenters. The summed E-state index contributed by atoms with van der Waals surface area (Å²) in [4.78, 5) is 26.8. The van der Waals surface area contributed by atoms with Gasteiger partial charge in [-0.1, -0.05) is 30.0 Å². The van der Waals surface area contributed by atoms with Crippen LogP contribution in [0.2, 0.25) is 0 Å².